The normalized spacial score (nSPS) is 14.3. The lowest BCUT2D eigenvalue weighted by atomic mass is 10.2. The van der Waals surface area contributed by atoms with Crippen molar-refractivity contribution in [2.75, 3.05) is 5.32 Å². The van der Waals surface area contributed by atoms with Crippen molar-refractivity contribution in [3.8, 4) is 0 Å². The number of amides is 1. The maximum atomic E-state index is 12.3. The van der Waals surface area contributed by atoms with Crippen LogP contribution in [0.4, 0.5) is 5.82 Å². The van der Waals surface area contributed by atoms with E-state index in [4.69, 9.17) is 0 Å². The van der Waals surface area contributed by atoms with Gasteiger partial charge >= 0.3 is 0 Å². The Balaban J connectivity index is 1.58. The number of rotatable bonds is 3. The lowest BCUT2D eigenvalue weighted by Gasteiger charge is -2.06. The summed E-state index contributed by atoms with van der Waals surface area (Å²) in [5.74, 6) is 0.809. The third-order valence-corrected chi connectivity index (χ3v) is 3.60. The molecule has 3 aromatic rings. The predicted octanol–water partition coefficient (Wildman–Crippen LogP) is 2.25. The SMILES string of the molecule is O=C(Nc1ccc(C2CC2)nn1)c1cccn2nccc12. The van der Waals surface area contributed by atoms with Crippen molar-refractivity contribution in [2.45, 2.75) is 18.8 Å². The Kier molecular flexibility index (Phi) is 2.67. The van der Waals surface area contributed by atoms with E-state index >= 15 is 0 Å². The Bertz CT molecular complexity index is 804. The maximum absolute atomic E-state index is 12.3. The molecule has 1 N–H and O–H groups in total. The summed E-state index contributed by atoms with van der Waals surface area (Å²) in [5, 5.41) is 15.1. The Morgan fingerprint density at radius 1 is 1.19 bits per heavy atom. The van der Waals surface area contributed by atoms with Crippen molar-refractivity contribution in [1.29, 1.82) is 0 Å². The summed E-state index contributed by atoms with van der Waals surface area (Å²) in [5.41, 5.74) is 2.33. The monoisotopic (exact) mass is 279 g/mol. The van der Waals surface area contributed by atoms with Crippen molar-refractivity contribution >= 4 is 17.2 Å². The molecule has 3 aromatic heterocycles. The molecule has 21 heavy (non-hydrogen) atoms. The number of pyridine rings is 1. The zero-order valence-corrected chi connectivity index (χ0v) is 11.2. The fourth-order valence-corrected chi connectivity index (χ4v) is 2.33. The molecule has 6 nitrogen and oxygen atoms in total. The van der Waals surface area contributed by atoms with Gasteiger partial charge in [-0.25, -0.2) is 4.52 Å². The molecule has 0 aromatic carbocycles. The van der Waals surface area contributed by atoms with Crippen molar-refractivity contribution in [1.82, 2.24) is 19.8 Å². The summed E-state index contributed by atoms with van der Waals surface area (Å²) in [6.45, 7) is 0. The Hall–Kier alpha value is -2.76. The highest BCUT2D eigenvalue weighted by Gasteiger charge is 2.25. The Morgan fingerprint density at radius 2 is 2.10 bits per heavy atom. The van der Waals surface area contributed by atoms with Crippen LogP contribution in [0.5, 0.6) is 0 Å². The van der Waals surface area contributed by atoms with Crippen LogP contribution in [0.15, 0.2) is 42.7 Å². The van der Waals surface area contributed by atoms with E-state index in [-0.39, 0.29) is 5.91 Å². The summed E-state index contributed by atoms with van der Waals surface area (Å²) in [6.07, 6.45) is 5.83. The van der Waals surface area contributed by atoms with Gasteiger partial charge in [0.1, 0.15) is 0 Å². The van der Waals surface area contributed by atoms with Crippen molar-refractivity contribution in [3.05, 3.63) is 54.0 Å². The summed E-state index contributed by atoms with van der Waals surface area (Å²) in [6, 6.07) is 9.08. The molecule has 0 atom stereocenters. The standard InChI is InChI=1S/C15H13N5O/c21-15(11-2-1-9-20-13(11)7-8-16-20)17-14-6-5-12(18-19-14)10-3-4-10/h1-2,5-10H,3-4H2,(H,17,19,21). The smallest absolute Gasteiger partial charge is 0.259 e. The second kappa shape index (κ2) is 4.66. The lowest BCUT2D eigenvalue weighted by molar-refractivity contribution is 0.102. The molecule has 1 amide bonds. The molecule has 1 aliphatic rings. The van der Waals surface area contributed by atoms with E-state index < -0.39 is 0 Å². The molecule has 6 heteroatoms. The van der Waals surface area contributed by atoms with Gasteiger partial charge in [-0.3, -0.25) is 4.79 Å². The van der Waals surface area contributed by atoms with Crippen LogP contribution in [0.3, 0.4) is 0 Å². The molecule has 1 fully saturated rings. The molecule has 0 bridgehead atoms. The minimum absolute atomic E-state index is 0.213. The highest BCUT2D eigenvalue weighted by atomic mass is 16.1. The maximum Gasteiger partial charge on any atom is 0.259 e. The van der Waals surface area contributed by atoms with Crippen molar-refractivity contribution < 1.29 is 4.79 Å². The number of hydrogen-bond donors (Lipinski definition) is 1. The van der Waals surface area contributed by atoms with Crippen LogP contribution >= 0.6 is 0 Å². The average Bonchev–Trinajstić information content (AvgIpc) is 3.24. The second-order valence-electron chi connectivity index (χ2n) is 5.15. The third-order valence-electron chi connectivity index (χ3n) is 3.60. The van der Waals surface area contributed by atoms with E-state index in [1.807, 2.05) is 6.07 Å². The minimum Gasteiger partial charge on any atom is -0.305 e. The van der Waals surface area contributed by atoms with E-state index in [1.165, 1.54) is 12.8 Å². The largest absolute Gasteiger partial charge is 0.305 e. The summed E-state index contributed by atoms with van der Waals surface area (Å²) >= 11 is 0. The fourth-order valence-electron chi connectivity index (χ4n) is 2.33. The Labute approximate surface area is 120 Å². The van der Waals surface area contributed by atoms with Crippen LogP contribution in [0.1, 0.15) is 34.8 Å². The molecule has 1 aliphatic carbocycles. The van der Waals surface area contributed by atoms with Gasteiger partial charge < -0.3 is 5.32 Å². The number of nitrogens with zero attached hydrogens (tertiary/aromatic N) is 4. The molecule has 4 rings (SSSR count). The molecule has 0 radical (unpaired) electrons. The number of hydrogen-bond acceptors (Lipinski definition) is 4. The first-order valence-corrected chi connectivity index (χ1v) is 6.88. The average molecular weight is 279 g/mol. The number of fused-ring (bicyclic) bond motifs is 1. The van der Waals surface area contributed by atoms with Gasteiger partial charge in [0, 0.05) is 12.1 Å². The van der Waals surface area contributed by atoms with Gasteiger partial charge in [-0.2, -0.15) is 10.2 Å². The second-order valence-corrected chi connectivity index (χ2v) is 5.15. The zero-order valence-electron chi connectivity index (χ0n) is 11.2. The van der Waals surface area contributed by atoms with E-state index in [2.05, 4.69) is 20.6 Å². The molecule has 104 valence electrons. The summed E-state index contributed by atoms with van der Waals surface area (Å²) < 4.78 is 1.66. The minimum atomic E-state index is -0.213. The van der Waals surface area contributed by atoms with E-state index in [0.29, 0.717) is 17.3 Å². The number of nitrogens with one attached hydrogen (secondary N) is 1. The van der Waals surface area contributed by atoms with Crippen LogP contribution < -0.4 is 5.32 Å². The number of aromatic nitrogens is 4. The van der Waals surface area contributed by atoms with Gasteiger partial charge in [0.15, 0.2) is 5.82 Å². The van der Waals surface area contributed by atoms with E-state index in [1.54, 1.807) is 41.2 Å². The van der Waals surface area contributed by atoms with Crippen LogP contribution in [-0.4, -0.2) is 25.7 Å². The van der Waals surface area contributed by atoms with Crippen molar-refractivity contribution in [3.63, 3.8) is 0 Å². The number of anilines is 1. The molecule has 3 heterocycles. The first-order chi connectivity index (χ1) is 10.3. The van der Waals surface area contributed by atoms with Crippen LogP contribution in [0.2, 0.25) is 0 Å². The van der Waals surface area contributed by atoms with E-state index in [0.717, 1.165) is 11.2 Å². The molecular formula is C15H13N5O. The van der Waals surface area contributed by atoms with Gasteiger partial charge in [0.05, 0.1) is 23.0 Å². The van der Waals surface area contributed by atoms with E-state index in [9.17, 15) is 4.79 Å². The molecule has 0 spiro atoms. The van der Waals surface area contributed by atoms with Gasteiger partial charge in [-0.1, -0.05) is 0 Å². The predicted molar refractivity (Wildman–Crippen MR) is 77.2 cm³/mol. The van der Waals surface area contributed by atoms with Crippen LogP contribution in [-0.2, 0) is 0 Å². The van der Waals surface area contributed by atoms with Gasteiger partial charge in [-0.05, 0) is 43.2 Å². The lowest BCUT2D eigenvalue weighted by Crippen LogP contribution is -2.14. The highest BCUT2D eigenvalue weighted by Crippen LogP contribution is 2.38. The highest BCUT2D eigenvalue weighted by molar-refractivity contribution is 6.08. The van der Waals surface area contributed by atoms with Crippen LogP contribution in [0, 0.1) is 0 Å². The molecular weight excluding hydrogens is 266 g/mol. The summed E-state index contributed by atoms with van der Waals surface area (Å²) in [7, 11) is 0. The molecule has 0 unspecified atom stereocenters. The molecule has 1 saturated carbocycles. The fraction of sp³-hybridized carbons (Fsp3) is 0.200. The van der Waals surface area contributed by atoms with Gasteiger partial charge in [-0.15, -0.1) is 5.10 Å². The number of carbonyl (C=O) groups is 1. The quantitative estimate of drug-likeness (QED) is 0.798. The first-order valence-electron chi connectivity index (χ1n) is 6.88. The molecule has 0 aliphatic heterocycles. The topological polar surface area (TPSA) is 72.2 Å². The van der Waals surface area contributed by atoms with Gasteiger partial charge in [0.2, 0.25) is 0 Å². The van der Waals surface area contributed by atoms with Crippen LogP contribution in [0.25, 0.3) is 5.52 Å². The first kappa shape index (κ1) is 12.0. The Morgan fingerprint density at radius 3 is 2.86 bits per heavy atom. The van der Waals surface area contributed by atoms with Crippen molar-refractivity contribution in [2.24, 2.45) is 0 Å². The molecule has 0 saturated heterocycles. The number of carbonyl (C=O) groups excluding carboxylic acids is 1. The van der Waals surface area contributed by atoms with Gasteiger partial charge in [0.25, 0.3) is 5.91 Å². The summed E-state index contributed by atoms with van der Waals surface area (Å²) in [4.78, 5) is 12.3. The third kappa shape index (κ3) is 2.24. The zero-order chi connectivity index (χ0) is 14.2.